The molecule has 0 saturated carbocycles. The molecule has 0 N–H and O–H groups in total. The summed E-state index contributed by atoms with van der Waals surface area (Å²) >= 11 is 0. The Morgan fingerprint density at radius 1 is 1.07 bits per heavy atom. The molecule has 1 aliphatic heterocycles. The molecule has 0 radical (unpaired) electrons. The fraction of sp³-hybridized carbons (Fsp3) is 0.238. The van der Waals surface area contributed by atoms with E-state index in [2.05, 4.69) is 5.10 Å². The van der Waals surface area contributed by atoms with Gasteiger partial charge in [0.1, 0.15) is 0 Å². The zero-order valence-corrected chi connectivity index (χ0v) is 16.0. The number of benzene rings is 2. The predicted octanol–water partition coefficient (Wildman–Crippen LogP) is 4.83. The summed E-state index contributed by atoms with van der Waals surface area (Å²) in [7, 11) is 1.43. The topological polar surface area (TPSA) is 51.1 Å². The van der Waals surface area contributed by atoms with E-state index < -0.39 is 23.4 Å². The van der Waals surface area contributed by atoms with E-state index in [0.717, 1.165) is 11.1 Å². The molecule has 0 fully saturated rings. The van der Waals surface area contributed by atoms with Crippen molar-refractivity contribution in [3.05, 3.63) is 59.7 Å². The number of methoxy groups -OCH3 is 1. The van der Waals surface area contributed by atoms with Gasteiger partial charge in [-0.1, -0.05) is 24.3 Å². The zero-order valence-electron chi connectivity index (χ0n) is 16.0. The number of alkyl halides is 3. The maximum Gasteiger partial charge on any atom is 0.435 e. The molecule has 1 heterocycles. The molecule has 0 aliphatic carbocycles. The van der Waals surface area contributed by atoms with Gasteiger partial charge in [0, 0.05) is 0 Å². The maximum atomic E-state index is 13.5. The molecular weight excluding hydrogens is 385 g/mol. The van der Waals surface area contributed by atoms with Gasteiger partial charge in [-0.25, -0.2) is 0 Å². The lowest BCUT2D eigenvalue weighted by Crippen LogP contribution is -2.25. The third kappa shape index (κ3) is 4.42. The summed E-state index contributed by atoms with van der Waals surface area (Å²) in [6.45, 7) is 3.69. The third-order valence-corrected chi connectivity index (χ3v) is 4.01. The molecule has 0 saturated heterocycles. The van der Waals surface area contributed by atoms with Gasteiger partial charge in [-0.3, -0.25) is 4.79 Å². The first-order chi connectivity index (χ1) is 13.7. The number of nitrogens with zero attached hydrogens (tertiary/aromatic N) is 2. The molecule has 1 aliphatic rings. The Morgan fingerprint density at radius 3 is 2.34 bits per heavy atom. The molecule has 152 valence electrons. The van der Waals surface area contributed by atoms with Crippen LogP contribution >= 0.6 is 0 Å². The minimum Gasteiger partial charge on any atom is -0.493 e. The Bertz CT molecular complexity index is 967. The van der Waals surface area contributed by atoms with E-state index in [0.29, 0.717) is 17.1 Å². The average molecular weight is 404 g/mol. The smallest absolute Gasteiger partial charge is 0.435 e. The summed E-state index contributed by atoms with van der Waals surface area (Å²) in [5.74, 6) is -0.0491. The fourth-order valence-corrected chi connectivity index (χ4v) is 2.79. The number of para-hydroxylation sites is 1. The summed E-state index contributed by atoms with van der Waals surface area (Å²) in [4.78, 5) is 12.7. The van der Waals surface area contributed by atoms with Gasteiger partial charge in [0.25, 0.3) is 5.91 Å². The largest absolute Gasteiger partial charge is 0.493 e. The van der Waals surface area contributed by atoms with Gasteiger partial charge in [0.15, 0.2) is 17.2 Å². The van der Waals surface area contributed by atoms with Gasteiger partial charge >= 0.3 is 6.18 Å². The van der Waals surface area contributed by atoms with Crippen LogP contribution in [-0.4, -0.2) is 31.0 Å². The predicted molar refractivity (Wildman–Crippen MR) is 104 cm³/mol. The molecule has 0 aromatic heterocycles. The van der Waals surface area contributed by atoms with E-state index >= 15 is 0 Å². The molecule has 1 amide bonds. The third-order valence-electron chi connectivity index (χ3n) is 4.01. The van der Waals surface area contributed by atoms with E-state index in [1.54, 1.807) is 30.3 Å². The number of ether oxygens (including phenoxy) is 2. The molecule has 29 heavy (non-hydrogen) atoms. The number of hydrazone groups is 1. The Morgan fingerprint density at radius 2 is 1.76 bits per heavy atom. The quantitative estimate of drug-likeness (QED) is 0.671. The van der Waals surface area contributed by atoms with E-state index in [4.69, 9.17) is 9.47 Å². The van der Waals surface area contributed by atoms with Crippen molar-refractivity contribution in [2.45, 2.75) is 26.1 Å². The lowest BCUT2D eigenvalue weighted by molar-refractivity contribution is -0.114. The summed E-state index contributed by atoms with van der Waals surface area (Å²) in [6, 6.07) is 12.6. The minimum atomic E-state index is -4.78. The second-order valence-electron chi connectivity index (χ2n) is 6.53. The van der Waals surface area contributed by atoms with Crippen LogP contribution in [0.15, 0.2) is 59.2 Å². The molecule has 0 bridgehead atoms. The lowest BCUT2D eigenvalue weighted by Gasteiger charge is -2.14. The van der Waals surface area contributed by atoms with Crippen LogP contribution in [0.25, 0.3) is 6.08 Å². The summed E-state index contributed by atoms with van der Waals surface area (Å²) in [6.07, 6.45) is -3.73. The summed E-state index contributed by atoms with van der Waals surface area (Å²) in [5, 5.41) is 4.29. The standard InChI is InChI=1S/C21H19F3N2O3/c1-13(2)29-17-10-9-14(12-18(17)28-3)11-16-19(21(22,23)24)25-26(20(16)27)15-7-5-4-6-8-15/h4-13H,1-3H3/b16-11-. The van der Waals surface area contributed by atoms with Crippen LogP contribution < -0.4 is 14.5 Å². The van der Waals surface area contributed by atoms with Crippen molar-refractivity contribution < 1.29 is 27.4 Å². The van der Waals surface area contributed by atoms with Crippen LogP contribution in [0, 0.1) is 0 Å². The number of anilines is 1. The molecule has 0 unspecified atom stereocenters. The Hall–Kier alpha value is -3.29. The Kier molecular flexibility index (Phi) is 5.63. The van der Waals surface area contributed by atoms with Crippen molar-refractivity contribution >= 4 is 23.4 Å². The van der Waals surface area contributed by atoms with Crippen molar-refractivity contribution in [2.24, 2.45) is 5.10 Å². The van der Waals surface area contributed by atoms with Crippen molar-refractivity contribution in [3.8, 4) is 11.5 Å². The summed E-state index contributed by atoms with van der Waals surface area (Å²) in [5.41, 5.74) is -1.18. The normalized spacial score (nSPS) is 15.8. The number of carbonyl (C=O) groups excluding carboxylic acids is 1. The second kappa shape index (κ2) is 7.98. The van der Waals surface area contributed by atoms with Crippen molar-refractivity contribution in [3.63, 3.8) is 0 Å². The highest BCUT2D eigenvalue weighted by Gasteiger charge is 2.46. The highest BCUT2D eigenvalue weighted by Crippen LogP contribution is 2.34. The van der Waals surface area contributed by atoms with E-state index in [9.17, 15) is 18.0 Å². The average Bonchev–Trinajstić information content (AvgIpc) is 3.00. The highest BCUT2D eigenvalue weighted by atomic mass is 19.4. The number of hydrogen-bond donors (Lipinski definition) is 0. The SMILES string of the molecule is COc1cc(/C=C2\C(=O)N(c3ccccc3)N=C2C(F)(F)F)ccc1OC(C)C. The van der Waals surface area contributed by atoms with Crippen molar-refractivity contribution in [2.75, 3.05) is 12.1 Å². The number of amides is 1. The van der Waals surface area contributed by atoms with Gasteiger partial charge in [-0.2, -0.15) is 23.3 Å². The molecule has 3 rings (SSSR count). The van der Waals surface area contributed by atoms with Gasteiger partial charge in [-0.05, 0) is 49.8 Å². The first-order valence-corrected chi connectivity index (χ1v) is 8.82. The van der Waals surface area contributed by atoms with Crippen molar-refractivity contribution in [1.82, 2.24) is 0 Å². The van der Waals surface area contributed by atoms with Crippen molar-refractivity contribution in [1.29, 1.82) is 0 Å². The van der Waals surface area contributed by atoms with Crippen LogP contribution in [0.2, 0.25) is 0 Å². The first-order valence-electron chi connectivity index (χ1n) is 8.82. The summed E-state index contributed by atoms with van der Waals surface area (Å²) < 4.78 is 51.5. The molecular formula is C21H19F3N2O3. The van der Waals surface area contributed by atoms with Crippen LogP contribution in [0.5, 0.6) is 11.5 Å². The lowest BCUT2D eigenvalue weighted by atomic mass is 10.1. The van der Waals surface area contributed by atoms with Gasteiger partial charge in [0.2, 0.25) is 0 Å². The number of rotatable bonds is 5. The van der Waals surface area contributed by atoms with Gasteiger partial charge < -0.3 is 9.47 Å². The molecule has 0 spiro atoms. The Balaban J connectivity index is 2.03. The van der Waals surface area contributed by atoms with E-state index in [-0.39, 0.29) is 11.8 Å². The van der Waals surface area contributed by atoms with Crippen LogP contribution in [0.3, 0.4) is 0 Å². The van der Waals surface area contributed by atoms with Gasteiger partial charge in [0.05, 0.1) is 24.5 Å². The fourth-order valence-electron chi connectivity index (χ4n) is 2.79. The maximum absolute atomic E-state index is 13.5. The second-order valence-corrected chi connectivity index (χ2v) is 6.53. The highest BCUT2D eigenvalue weighted by molar-refractivity contribution is 6.34. The first kappa shape index (κ1) is 20.4. The number of halogens is 3. The van der Waals surface area contributed by atoms with Crippen LogP contribution in [0.1, 0.15) is 19.4 Å². The molecule has 5 nitrogen and oxygen atoms in total. The minimum absolute atomic E-state index is 0.104. The van der Waals surface area contributed by atoms with E-state index in [1.165, 1.54) is 25.3 Å². The monoisotopic (exact) mass is 404 g/mol. The number of carbonyl (C=O) groups is 1. The van der Waals surface area contributed by atoms with Crippen LogP contribution in [0.4, 0.5) is 18.9 Å². The van der Waals surface area contributed by atoms with Gasteiger partial charge in [-0.15, -0.1) is 0 Å². The Labute approximate surface area is 166 Å². The molecule has 2 aromatic carbocycles. The molecule has 0 atom stereocenters. The molecule has 8 heteroatoms. The molecule has 2 aromatic rings. The zero-order chi connectivity index (χ0) is 21.2. The van der Waals surface area contributed by atoms with E-state index in [1.807, 2.05) is 13.8 Å². The number of hydrogen-bond acceptors (Lipinski definition) is 4. The van der Waals surface area contributed by atoms with Crippen LogP contribution in [-0.2, 0) is 4.79 Å².